The second-order valence-corrected chi connectivity index (χ2v) is 5.17. The minimum absolute atomic E-state index is 0.0589. The number of nitrogens with one attached hydrogen (secondary N) is 2. The number of benzene rings is 1. The van der Waals surface area contributed by atoms with E-state index in [9.17, 15) is 4.79 Å². The van der Waals surface area contributed by atoms with Crippen molar-refractivity contribution in [1.29, 1.82) is 5.41 Å². The lowest BCUT2D eigenvalue weighted by Gasteiger charge is -2.22. The van der Waals surface area contributed by atoms with Gasteiger partial charge in [-0.3, -0.25) is 10.2 Å². The summed E-state index contributed by atoms with van der Waals surface area (Å²) in [6.07, 6.45) is 3.41. The molecule has 1 aliphatic carbocycles. The molecule has 102 valence electrons. The summed E-state index contributed by atoms with van der Waals surface area (Å²) in [7, 11) is 2.04. The Balaban J connectivity index is 2.18. The SMILES string of the molecule is CC(=O)NC1=CCc2c(c(=N)c3ccccc3n2C)C1. The van der Waals surface area contributed by atoms with Crippen molar-refractivity contribution in [3.05, 3.63) is 52.7 Å². The molecule has 2 N–H and O–H groups in total. The first-order valence-corrected chi connectivity index (χ1v) is 6.68. The normalized spacial score (nSPS) is 13.8. The van der Waals surface area contributed by atoms with Crippen LogP contribution < -0.4 is 10.7 Å². The van der Waals surface area contributed by atoms with E-state index in [0.29, 0.717) is 11.8 Å². The predicted molar refractivity (Wildman–Crippen MR) is 78.1 cm³/mol. The molecule has 0 saturated carbocycles. The summed E-state index contributed by atoms with van der Waals surface area (Å²) >= 11 is 0. The van der Waals surface area contributed by atoms with Crippen molar-refractivity contribution in [3.8, 4) is 0 Å². The Morgan fingerprint density at radius 1 is 1.35 bits per heavy atom. The smallest absolute Gasteiger partial charge is 0.220 e. The molecule has 20 heavy (non-hydrogen) atoms. The number of carbonyl (C=O) groups is 1. The zero-order chi connectivity index (χ0) is 14.3. The molecular weight excluding hydrogens is 250 g/mol. The average molecular weight is 267 g/mol. The van der Waals surface area contributed by atoms with Gasteiger partial charge in [0, 0.05) is 49.2 Å². The third-order valence-electron chi connectivity index (χ3n) is 3.84. The first-order valence-electron chi connectivity index (χ1n) is 6.68. The number of amides is 1. The Bertz CT molecular complexity index is 799. The molecular formula is C16H17N3O. The molecule has 0 atom stereocenters. The maximum Gasteiger partial charge on any atom is 0.220 e. The average Bonchev–Trinajstić information content (AvgIpc) is 2.44. The van der Waals surface area contributed by atoms with Crippen LogP contribution in [0, 0.1) is 5.41 Å². The molecule has 1 aromatic carbocycles. The number of fused-ring (bicyclic) bond motifs is 2. The summed E-state index contributed by atoms with van der Waals surface area (Å²) < 4.78 is 2.16. The molecule has 3 rings (SSSR count). The van der Waals surface area contributed by atoms with Crippen LogP contribution in [-0.4, -0.2) is 10.5 Å². The van der Waals surface area contributed by atoms with E-state index < -0.39 is 0 Å². The van der Waals surface area contributed by atoms with Crippen molar-refractivity contribution in [2.75, 3.05) is 0 Å². The predicted octanol–water partition coefficient (Wildman–Crippen LogP) is 1.78. The minimum Gasteiger partial charge on any atom is -0.347 e. The first-order chi connectivity index (χ1) is 9.58. The maximum atomic E-state index is 11.2. The van der Waals surface area contributed by atoms with Crippen LogP contribution in [0.15, 0.2) is 36.0 Å². The highest BCUT2D eigenvalue weighted by atomic mass is 16.1. The lowest BCUT2D eigenvalue weighted by Crippen LogP contribution is -2.28. The quantitative estimate of drug-likeness (QED) is 0.813. The third-order valence-corrected chi connectivity index (χ3v) is 3.84. The number of nitrogens with zero attached hydrogens (tertiary/aromatic N) is 1. The second-order valence-electron chi connectivity index (χ2n) is 5.17. The number of rotatable bonds is 1. The van der Waals surface area contributed by atoms with E-state index in [0.717, 1.165) is 34.3 Å². The lowest BCUT2D eigenvalue weighted by molar-refractivity contribution is -0.118. The number of hydrogen-bond donors (Lipinski definition) is 2. The zero-order valence-electron chi connectivity index (χ0n) is 11.7. The maximum absolute atomic E-state index is 11.2. The summed E-state index contributed by atoms with van der Waals surface area (Å²) in [5.41, 5.74) is 4.14. The van der Waals surface area contributed by atoms with Crippen LogP contribution in [-0.2, 0) is 24.7 Å². The van der Waals surface area contributed by atoms with Crippen LogP contribution >= 0.6 is 0 Å². The van der Waals surface area contributed by atoms with Gasteiger partial charge in [0.1, 0.15) is 0 Å². The molecule has 2 aromatic rings. The lowest BCUT2D eigenvalue weighted by atomic mass is 9.96. The molecule has 0 radical (unpaired) electrons. The van der Waals surface area contributed by atoms with Gasteiger partial charge in [0.2, 0.25) is 5.91 Å². The number of carbonyl (C=O) groups excluding carboxylic acids is 1. The summed E-state index contributed by atoms with van der Waals surface area (Å²) in [5, 5.41) is 12.8. The van der Waals surface area contributed by atoms with Gasteiger partial charge in [-0.15, -0.1) is 0 Å². The van der Waals surface area contributed by atoms with E-state index in [2.05, 4.69) is 9.88 Å². The van der Waals surface area contributed by atoms with Crippen molar-refractivity contribution < 1.29 is 4.79 Å². The number of para-hydroxylation sites is 1. The van der Waals surface area contributed by atoms with Gasteiger partial charge in [-0.2, -0.15) is 0 Å². The molecule has 0 unspecified atom stereocenters. The summed E-state index contributed by atoms with van der Waals surface area (Å²) in [4.78, 5) is 11.2. The first kappa shape index (κ1) is 12.7. The molecule has 4 nitrogen and oxygen atoms in total. The van der Waals surface area contributed by atoms with Crippen LogP contribution in [0.4, 0.5) is 0 Å². The van der Waals surface area contributed by atoms with Gasteiger partial charge >= 0.3 is 0 Å². The van der Waals surface area contributed by atoms with Crippen molar-refractivity contribution in [2.45, 2.75) is 19.8 Å². The monoisotopic (exact) mass is 267 g/mol. The molecule has 1 aromatic heterocycles. The highest BCUT2D eigenvalue weighted by molar-refractivity contribution is 5.80. The molecule has 1 amide bonds. The summed E-state index contributed by atoms with van der Waals surface area (Å²) in [6.45, 7) is 1.51. The van der Waals surface area contributed by atoms with Crippen molar-refractivity contribution in [1.82, 2.24) is 9.88 Å². The van der Waals surface area contributed by atoms with Gasteiger partial charge < -0.3 is 9.88 Å². The van der Waals surface area contributed by atoms with E-state index in [1.54, 1.807) is 0 Å². The van der Waals surface area contributed by atoms with Crippen LogP contribution in [0.1, 0.15) is 18.2 Å². The van der Waals surface area contributed by atoms with Crippen LogP contribution in [0.2, 0.25) is 0 Å². The third kappa shape index (κ3) is 1.93. The summed E-state index contributed by atoms with van der Waals surface area (Å²) in [5.74, 6) is -0.0589. The Kier molecular flexibility index (Phi) is 2.93. The van der Waals surface area contributed by atoms with E-state index in [1.165, 1.54) is 6.92 Å². The van der Waals surface area contributed by atoms with E-state index >= 15 is 0 Å². The number of allylic oxidation sites excluding steroid dienone is 2. The van der Waals surface area contributed by atoms with Gasteiger partial charge in [0.15, 0.2) is 0 Å². The molecule has 0 spiro atoms. The number of pyridine rings is 1. The highest BCUT2D eigenvalue weighted by Crippen LogP contribution is 2.21. The van der Waals surface area contributed by atoms with Crippen molar-refractivity contribution in [2.24, 2.45) is 7.05 Å². The molecule has 0 saturated heterocycles. The van der Waals surface area contributed by atoms with Gasteiger partial charge in [-0.05, 0) is 6.07 Å². The Morgan fingerprint density at radius 3 is 2.85 bits per heavy atom. The van der Waals surface area contributed by atoms with Gasteiger partial charge in [0.05, 0.1) is 10.9 Å². The van der Waals surface area contributed by atoms with Crippen LogP contribution in [0.25, 0.3) is 10.9 Å². The standard InChI is InChI=1S/C16H17N3O/c1-10(20)18-11-7-8-15-13(9-11)16(17)12-5-3-4-6-14(12)19(15)2/h3-7,17H,8-9H2,1-2H3,(H,18,20). The molecule has 1 aliphatic rings. The van der Waals surface area contributed by atoms with E-state index in [-0.39, 0.29) is 5.91 Å². The molecule has 0 fully saturated rings. The minimum atomic E-state index is -0.0589. The van der Waals surface area contributed by atoms with Crippen LogP contribution in [0.5, 0.6) is 0 Å². The number of hydrogen-bond acceptors (Lipinski definition) is 2. The van der Waals surface area contributed by atoms with E-state index in [1.807, 2.05) is 37.4 Å². The largest absolute Gasteiger partial charge is 0.347 e. The molecule has 0 bridgehead atoms. The fraction of sp³-hybridized carbons (Fsp3) is 0.250. The Hall–Kier alpha value is -2.36. The Morgan fingerprint density at radius 2 is 2.10 bits per heavy atom. The second kappa shape index (κ2) is 4.63. The van der Waals surface area contributed by atoms with Gasteiger partial charge in [-0.1, -0.05) is 24.3 Å². The van der Waals surface area contributed by atoms with Gasteiger partial charge in [-0.25, -0.2) is 0 Å². The van der Waals surface area contributed by atoms with Gasteiger partial charge in [0.25, 0.3) is 0 Å². The molecule has 1 heterocycles. The Labute approximate surface area is 117 Å². The van der Waals surface area contributed by atoms with Crippen molar-refractivity contribution >= 4 is 16.8 Å². The topological polar surface area (TPSA) is 57.9 Å². The molecule has 4 heteroatoms. The fourth-order valence-corrected chi connectivity index (χ4v) is 2.89. The fourth-order valence-electron chi connectivity index (χ4n) is 2.89. The highest BCUT2D eigenvalue weighted by Gasteiger charge is 2.17. The molecule has 0 aliphatic heterocycles. The number of aryl methyl sites for hydroxylation is 1. The van der Waals surface area contributed by atoms with Crippen molar-refractivity contribution in [3.63, 3.8) is 0 Å². The van der Waals surface area contributed by atoms with E-state index in [4.69, 9.17) is 5.41 Å². The summed E-state index contributed by atoms with van der Waals surface area (Å²) in [6, 6.07) is 7.98. The van der Waals surface area contributed by atoms with Crippen LogP contribution in [0.3, 0.4) is 0 Å². The number of aromatic nitrogens is 1. The zero-order valence-corrected chi connectivity index (χ0v) is 11.7.